The zero-order valence-corrected chi connectivity index (χ0v) is 9.85. The van der Waals surface area contributed by atoms with Crippen molar-refractivity contribution in [2.75, 3.05) is 25.2 Å². The highest BCUT2D eigenvalue weighted by molar-refractivity contribution is 7.98. The summed E-state index contributed by atoms with van der Waals surface area (Å²) >= 11 is 1.82. The molecule has 0 radical (unpaired) electrons. The van der Waals surface area contributed by atoms with Crippen molar-refractivity contribution in [2.45, 2.75) is 38.0 Å². The van der Waals surface area contributed by atoms with Crippen LogP contribution in [0.4, 0.5) is 0 Å². The monoisotopic (exact) mass is 219 g/mol. The Morgan fingerprint density at radius 2 is 2.43 bits per heavy atom. The van der Waals surface area contributed by atoms with Crippen LogP contribution >= 0.6 is 11.8 Å². The standard InChI is InChI=1S/C10H21NO2S/c1-8-10(3-5-13-8)11-9(7-12)4-6-14-2/h8-12H,3-7H2,1-2H3. The van der Waals surface area contributed by atoms with Gasteiger partial charge in [-0.3, -0.25) is 0 Å². The lowest BCUT2D eigenvalue weighted by atomic mass is 10.1. The summed E-state index contributed by atoms with van der Waals surface area (Å²) in [7, 11) is 0. The number of nitrogens with one attached hydrogen (secondary N) is 1. The highest BCUT2D eigenvalue weighted by Gasteiger charge is 2.25. The van der Waals surface area contributed by atoms with Gasteiger partial charge in [0.25, 0.3) is 0 Å². The molecule has 84 valence electrons. The summed E-state index contributed by atoms with van der Waals surface area (Å²) in [4.78, 5) is 0. The lowest BCUT2D eigenvalue weighted by Gasteiger charge is -2.22. The second-order valence-electron chi connectivity index (χ2n) is 3.80. The van der Waals surface area contributed by atoms with E-state index in [9.17, 15) is 5.11 Å². The van der Waals surface area contributed by atoms with E-state index < -0.39 is 0 Å². The zero-order chi connectivity index (χ0) is 10.4. The van der Waals surface area contributed by atoms with E-state index in [0.29, 0.717) is 12.1 Å². The van der Waals surface area contributed by atoms with Crippen molar-refractivity contribution in [1.82, 2.24) is 5.32 Å². The average Bonchev–Trinajstić information content (AvgIpc) is 2.59. The summed E-state index contributed by atoms with van der Waals surface area (Å²) in [5.74, 6) is 1.10. The molecule has 0 saturated carbocycles. The molecule has 0 bridgehead atoms. The average molecular weight is 219 g/mol. The Kier molecular flexibility index (Phi) is 5.86. The van der Waals surface area contributed by atoms with Crippen LogP contribution in [0.3, 0.4) is 0 Å². The van der Waals surface area contributed by atoms with E-state index in [0.717, 1.165) is 25.2 Å². The molecule has 3 atom stereocenters. The summed E-state index contributed by atoms with van der Waals surface area (Å²) in [6.07, 6.45) is 4.48. The summed E-state index contributed by atoms with van der Waals surface area (Å²) in [5, 5.41) is 12.6. The van der Waals surface area contributed by atoms with Crippen LogP contribution in [-0.4, -0.2) is 48.5 Å². The van der Waals surface area contributed by atoms with Crippen LogP contribution in [0.5, 0.6) is 0 Å². The van der Waals surface area contributed by atoms with Gasteiger partial charge in [0.15, 0.2) is 0 Å². The van der Waals surface area contributed by atoms with E-state index >= 15 is 0 Å². The van der Waals surface area contributed by atoms with Gasteiger partial charge in [-0.2, -0.15) is 11.8 Å². The molecule has 0 aliphatic carbocycles. The van der Waals surface area contributed by atoms with Crippen molar-refractivity contribution in [1.29, 1.82) is 0 Å². The van der Waals surface area contributed by atoms with Crippen LogP contribution in [-0.2, 0) is 4.74 Å². The van der Waals surface area contributed by atoms with Crippen molar-refractivity contribution in [3.05, 3.63) is 0 Å². The molecule has 1 saturated heterocycles. The Balaban J connectivity index is 2.24. The van der Waals surface area contributed by atoms with Crippen molar-refractivity contribution in [3.63, 3.8) is 0 Å². The molecular formula is C10H21NO2S. The minimum Gasteiger partial charge on any atom is -0.395 e. The van der Waals surface area contributed by atoms with Gasteiger partial charge in [0, 0.05) is 18.7 Å². The Hall–Kier alpha value is 0.230. The number of ether oxygens (including phenoxy) is 1. The third-order valence-corrected chi connectivity index (χ3v) is 3.36. The van der Waals surface area contributed by atoms with E-state index in [4.69, 9.17) is 4.74 Å². The molecule has 1 aliphatic rings. The molecule has 0 spiro atoms. The fourth-order valence-corrected chi connectivity index (χ4v) is 2.26. The van der Waals surface area contributed by atoms with Gasteiger partial charge in [-0.1, -0.05) is 0 Å². The van der Waals surface area contributed by atoms with Gasteiger partial charge in [0.2, 0.25) is 0 Å². The number of aliphatic hydroxyl groups excluding tert-OH is 1. The fraction of sp³-hybridized carbons (Fsp3) is 1.00. The Bertz CT molecular complexity index is 157. The minimum absolute atomic E-state index is 0.226. The van der Waals surface area contributed by atoms with Crippen molar-refractivity contribution in [2.24, 2.45) is 0 Å². The first kappa shape index (κ1) is 12.3. The van der Waals surface area contributed by atoms with Gasteiger partial charge in [0.1, 0.15) is 0 Å². The third kappa shape index (κ3) is 3.77. The smallest absolute Gasteiger partial charge is 0.0700 e. The van der Waals surface area contributed by atoms with Crippen LogP contribution in [0.25, 0.3) is 0 Å². The zero-order valence-electron chi connectivity index (χ0n) is 9.03. The van der Waals surface area contributed by atoms with Gasteiger partial charge < -0.3 is 15.2 Å². The Morgan fingerprint density at radius 3 is 2.93 bits per heavy atom. The SMILES string of the molecule is CSCCC(CO)NC1CCOC1C. The molecule has 0 aromatic heterocycles. The Labute approximate surface area is 90.6 Å². The highest BCUT2D eigenvalue weighted by atomic mass is 32.2. The highest BCUT2D eigenvalue weighted by Crippen LogP contribution is 2.14. The quantitative estimate of drug-likeness (QED) is 0.695. The first-order valence-corrected chi connectivity index (χ1v) is 6.64. The molecule has 3 nitrogen and oxygen atoms in total. The maximum absolute atomic E-state index is 9.19. The summed E-state index contributed by atoms with van der Waals surface area (Å²) in [5.41, 5.74) is 0. The van der Waals surface area contributed by atoms with Crippen LogP contribution in [0.2, 0.25) is 0 Å². The molecule has 1 fully saturated rings. The Morgan fingerprint density at radius 1 is 1.64 bits per heavy atom. The number of hydrogen-bond donors (Lipinski definition) is 2. The predicted molar refractivity (Wildman–Crippen MR) is 60.8 cm³/mol. The molecule has 0 aromatic carbocycles. The first-order valence-electron chi connectivity index (χ1n) is 5.25. The van der Waals surface area contributed by atoms with Crippen LogP contribution < -0.4 is 5.32 Å². The minimum atomic E-state index is 0.226. The van der Waals surface area contributed by atoms with E-state index in [1.54, 1.807) is 0 Å². The second-order valence-corrected chi connectivity index (χ2v) is 4.78. The van der Waals surface area contributed by atoms with Gasteiger partial charge in [-0.05, 0) is 31.8 Å². The van der Waals surface area contributed by atoms with E-state index in [2.05, 4.69) is 18.5 Å². The van der Waals surface area contributed by atoms with Gasteiger partial charge in [0.05, 0.1) is 12.7 Å². The summed E-state index contributed by atoms with van der Waals surface area (Å²) in [6.45, 7) is 3.16. The van der Waals surface area contributed by atoms with E-state index in [-0.39, 0.29) is 12.6 Å². The molecule has 0 aromatic rings. The molecule has 0 amide bonds. The number of aliphatic hydroxyl groups is 1. The molecule has 1 aliphatic heterocycles. The molecule has 2 N–H and O–H groups in total. The lowest BCUT2D eigenvalue weighted by Crippen LogP contribution is -2.44. The van der Waals surface area contributed by atoms with Crippen molar-refractivity contribution >= 4 is 11.8 Å². The van der Waals surface area contributed by atoms with Crippen LogP contribution in [0.15, 0.2) is 0 Å². The van der Waals surface area contributed by atoms with Crippen molar-refractivity contribution < 1.29 is 9.84 Å². The maximum atomic E-state index is 9.19. The molecule has 3 unspecified atom stereocenters. The molecular weight excluding hydrogens is 198 g/mol. The van der Waals surface area contributed by atoms with Gasteiger partial charge in [-0.25, -0.2) is 0 Å². The van der Waals surface area contributed by atoms with Gasteiger partial charge in [-0.15, -0.1) is 0 Å². The molecule has 14 heavy (non-hydrogen) atoms. The third-order valence-electron chi connectivity index (χ3n) is 2.72. The maximum Gasteiger partial charge on any atom is 0.0700 e. The normalized spacial score (nSPS) is 29.4. The molecule has 1 rings (SSSR count). The summed E-state index contributed by atoms with van der Waals surface area (Å²) in [6, 6.07) is 0.658. The van der Waals surface area contributed by atoms with Crippen LogP contribution in [0, 0.1) is 0 Å². The number of rotatable bonds is 6. The van der Waals surface area contributed by atoms with Gasteiger partial charge >= 0.3 is 0 Å². The van der Waals surface area contributed by atoms with Crippen LogP contribution in [0.1, 0.15) is 19.8 Å². The lowest BCUT2D eigenvalue weighted by molar-refractivity contribution is 0.107. The van der Waals surface area contributed by atoms with Crippen molar-refractivity contribution in [3.8, 4) is 0 Å². The largest absolute Gasteiger partial charge is 0.395 e. The fourth-order valence-electron chi connectivity index (χ4n) is 1.74. The number of hydrogen-bond acceptors (Lipinski definition) is 4. The summed E-state index contributed by atoms with van der Waals surface area (Å²) < 4.78 is 5.47. The molecule has 1 heterocycles. The first-order chi connectivity index (χ1) is 6.77. The second kappa shape index (κ2) is 6.67. The molecule has 4 heteroatoms. The number of thioether (sulfide) groups is 1. The predicted octanol–water partition coefficient (Wildman–Crippen LogP) is 0.867. The topological polar surface area (TPSA) is 41.5 Å². The van der Waals surface area contributed by atoms with E-state index in [1.165, 1.54) is 0 Å². The van der Waals surface area contributed by atoms with E-state index in [1.807, 2.05) is 11.8 Å².